The normalized spacial score (nSPS) is 26.3. The highest BCUT2D eigenvalue weighted by molar-refractivity contribution is 8.10. The Morgan fingerprint density at radius 1 is 1.37 bits per heavy atom. The molecule has 1 aromatic carbocycles. The number of carbonyl (C=O) groups is 1. The van der Waals surface area contributed by atoms with Crippen LogP contribution in [0.3, 0.4) is 0 Å². The van der Waals surface area contributed by atoms with Crippen molar-refractivity contribution < 1.29 is 9.00 Å². The second kappa shape index (κ2) is 6.71. The van der Waals surface area contributed by atoms with Gasteiger partial charge in [0.05, 0.1) is 4.58 Å². The Morgan fingerprint density at radius 3 is 2.63 bits per heavy atom. The molecule has 0 amide bonds. The standard InChI is InChI=1S/C15H20O2S2/c1-18-15(19(2)17)12-8-9-14(16)13(12)10-11-6-4-3-5-7-11/h3-7,12-13,15H,8-10H2,1-2H3. The van der Waals surface area contributed by atoms with E-state index in [1.54, 1.807) is 18.0 Å². The largest absolute Gasteiger partial charge is 0.299 e. The lowest BCUT2D eigenvalue weighted by Crippen LogP contribution is -2.28. The summed E-state index contributed by atoms with van der Waals surface area (Å²) in [5.74, 6) is 0.649. The summed E-state index contributed by atoms with van der Waals surface area (Å²) in [4.78, 5) is 12.1. The van der Waals surface area contributed by atoms with Gasteiger partial charge < -0.3 is 0 Å². The highest BCUT2D eigenvalue weighted by Crippen LogP contribution is 2.38. The van der Waals surface area contributed by atoms with Crippen molar-refractivity contribution >= 4 is 28.3 Å². The van der Waals surface area contributed by atoms with Gasteiger partial charge in [0.15, 0.2) is 0 Å². The van der Waals surface area contributed by atoms with E-state index in [1.165, 1.54) is 5.56 Å². The fourth-order valence-corrected chi connectivity index (χ4v) is 5.53. The van der Waals surface area contributed by atoms with Crippen LogP contribution in [-0.2, 0) is 22.0 Å². The molecule has 2 nitrogen and oxygen atoms in total. The van der Waals surface area contributed by atoms with Crippen LogP contribution in [-0.4, -0.2) is 27.1 Å². The minimum absolute atomic E-state index is 0.0451. The third kappa shape index (κ3) is 3.48. The van der Waals surface area contributed by atoms with Gasteiger partial charge in [0.25, 0.3) is 0 Å². The first-order valence-electron chi connectivity index (χ1n) is 6.55. The quantitative estimate of drug-likeness (QED) is 0.838. The maximum atomic E-state index is 12.1. The van der Waals surface area contributed by atoms with Gasteiger partial charge in [-0.15, -0.1) is 11.8 Å². The smallest absolute Gasteiger partial charge is 0.136 e. The molecule has 1 fully saturated rings. The fourth-order valence-electron chi connectivity index (χ4n) is 2.95. The Balaban J connectivity index is 2.16. The van der Waals surface area contributed by atoms with Gasteiger partial charge in [-0.1, -0.05) is 30.3 Å². The molecule has 1 aromatic rings. The molecule has 104 valence electrons. The summed E-state index contributed by atoms with van der Waals surface area (Å²) in [7, 11) is -0.876. The number of carbonyl (C=O) groups excluding carboxylic acids is 1. The molecule has 19 heavy (non-hydrogen) atoms. The van der Waals surface area contributed by atoms with Gasteiger partial charge in [-0.2, -0.15) is 0 Å². The van der Waals surface area contributed by atoms with E-state index in [0.717, 1.165) is 12.8 Å². The molecule has 4 unspecified atom stereocenters. The van der Waals surface area contributed by atoms with Crippen molar-refractivity contribution in [2.75, 3.05) is 12.5 Å². The Labute approximate surface area is 121 Å². The van der Waals surface area contributed by atoms with Crippen LogP contribution >= 0.6 is 11.8 Å². The predicted molar refractivity (Wildman–Crippen MR) is 82.7 cm³/mol. The Kier molecular flexibility index (Phi) is 5.22. The second-order valence-electron chi connectivity index (χ2n) is 5.07. The van der Waals surface area contributed by atoms with Crippen molar-refractivity contribution in [2.45, 2.75) is 23.8 Å². The molecule has 0 N–H and O–H groups in total. The van der Waals surface area contributed by atoms with Crippen LogP contribution in [0.2, 0.25) is 0 Å². The van der Waals surface area contributed by atoms with Gasteiger partial charge in [-0.3, -0.25) is 9.00 Å². The van der Waals surface area contributed by atoms with Crippen LogP contribution in [0.25, 0.3) is 0 Å². The highest BCUT2D eigenvalue weighted by Gasteiger charge is 2.40. The molecule has 0 heterocycles. The first-order chi connectivity index (χ1) is 9.13. The van der Waals surface area contributed by atoms with Crippen LogP contribution in [0.1, 0.15) is 18.4 Å². The summed E-state index contributed by atoms with van der Waals surface area (Å²) in [6.45, 7) is 0. The fraction of sp³-hybridized carbons (Fsp3) is 0.533. The molecule has 4 heteroatoms. The Morgan fingerprint density at radius 2 is 2.05 bits per heavy atom. The summed E-state index contributed by atoms with van der Waals surface area (Å²) < 4.78 is 11.9. The van der Waals surface area contributed by atoms with E-state index in [-0.39, 0.29) is 16.4 Å². The molecule has 1 saturated carbocycles. The van der Waals surface area contributed by atoms with E-state index in [0.29, 0.717) is 12.2 Å². The minimum atomic E-state index is -0.876. The highest BCUT2D eigenvalue weighted by atomic mass is 32.2. The van der Waals surface area contributed by atoms with Gasteiger partial charge in [-0.25, -0.2) is 0 Å². The predicted octanol–water partition coefficient (Wildman–Crippen LogP) is 2.89. The second-order valence-corrected chi connectivity index (χ2v) is 7.85. The lowest BCUT2D eigenvalue weighted by atomic mass is 9.90. The molecule has 0 aliphatic heterocycles. The summed E-state index contributed by atoms with van der Waals surface area (Å²) in [5.41, 5.74) is 1.20. The van der Waals surface area contributed by atoms with Gasteiger partial charge in [0, 0.05) is 29.4 Å². The number of hydrogen-bond donors (Lipinski definition) is 0. The van der Waals surface area contributed by atoms with Gasteiger partial charge >= 0.3 is 0 Å². The van der Waals surface area contributed by atoms with E-state index in [2.05, 4.69) is 12.1 Å². The zero-order valence-electron chi connectivity index (χ0n) is 11.4. The average molecular weight is 296 g/mol. The summed E-state index contributed by atoms with van der Waals surface area (Å²) >= 11 is 1.64. The topological polar surface area (TPSA) is 34.1 Å². The SMILES string of the molecule is CSC(C1CCC(=O)C1Cc1ccccc1)S(C)=O. The van der Waals surface area contributed by atoms with Crippen LogP contribution in [0.15, 0.2) is 30.3 Å². The van der Waals surface area contributed by atoms with E-state index in [1.807, 2.05) is 24.5 Å². The van der Waals surface area contributed by atoms with Gasteiger partial charge in [-0.05, 0) is 30.6 Å². The van der Waals surface area contributed by atoms with Gasteiger partial charge in [0.2, 0.25) is 0 Å². The first-order valence-corrected chi connectivity index (χ1v) is 9.46. The van der Waals surface area contributed by atoms with E-state index in [9.17, 15) is 9.00 Å². The minimum Gasteiger partial charge on any atom is -0.299 e. The third-order valence-corrected chi connectivity index (χ3v) is 7.07. The number of hydrogen-bond acceptors (Lipinski definition) is 3. The van der Waals surface area contributed by atoms with Crippen LogP contribution in [0, 0.1) is 11.8 Å². The summed E-state index contributed by atoms with van der Waals surface area (Å²) in [5, 5.41) is 0. The van der Waals surface area contributed by atoms with Gasteiger partial charge in [0.1, 0.15) is 5.78 Å². The van der Waals surface area contributed by atoms with E-state index < -0.39 is 10.8 Å². The molecular formula is C15H20O2S2. The maximum Gasteiger partial charge on any atom is 0.136 e. The molecule has 0 aromatic heterocycles. The van der Waals surface area contributed by atoms with Crippen molar-refractivity contribution in [2.24, 2.45) is 11.8 Å². The molecule has 4 atom stereocenters. The zero-order valence-corrected chi connectivity index (χ0v) is 13.0. The van der Waals surface area contributed by atoms with E-state index >= 15 is 0 Å². The molecule has 0 radical (unpaired) electrons. The number of ketones is 1. The van der Waals surface area contributed by atoms with Crippen molar-refractivity contribution in [1.29, 1.82) is 0 Å². The molecule has 0 saturated heterocycles. The average Bonchev–Trinajstić information content (AvgIpc) is 2.74. The van der Waals surface area contributed by atoms with Crippen LogP contribution in [0.4, 0.5) is 0 Å². The Hall–Kier alpha value is -0.610. The monoisotopic (exact) mass is 296 g/mol. The zero-order chi connectivity index (χ0) is 13.8. The molecule has 2 rings (SSSR count). The number of thioether (sulfide) groups is 1. The number of Topliss-reactive ketones (excluding diaryl/α,β-unsaturated/α-hetero) is 1. The molecule has 1 aliphatic rings. The number of rotatable bonds is 5. The van der Waals surface area contributed by atoms with Crippen molar-refractivity contribution in [1.82, 2.24) is 0 Å². The molecule has 0 spiro atoms. The summed E-state index contributed by atoms with van der Waals surface area (Å²) in [6.07, 6.45) is 6.08. The van der Waals surface area contributed by atoms with Crippen molar-refractivity contribution in [3.05, 3.63) is 35.9 Å². The van der Waals surface area contributed by atoms with Crippen molar-refractivity contribution in [3.8, 4) is 0 Å². The summed E-state index contributed by atoms with van der Waals surface area (Å²) in [6, 6.07) is 10.1. The molecule has 0 bridgehead atoms. The Bertz CT molecular complexity index is 458. The van der Waals surface area contributed by atoms with E-state index in [4.69, 9.17) is 0 Å². The van der Waals surface area contributed by atoms with Crippen LogP contribution < -0.4 is 0 Å². The first kappa shape index (κ1) is 14.8. The number of benzene rings is 1. The lowest BCUT2D eigenvalue weighted by molar-refractivity contribution is -0.121. The molecule has 1 aliphatic carbocycles. The van der Waals surface area contributed by atoms with Crippen molar-refractivity contribution in [3.63, 3.8) is 0 Å². The maximum absolute atomic E-state index is 12.1. The lowest BCUT2D eigenvalue weighted by Gasteiger charge is -2.25. The van der Waals surface area contributed by atoms with Crippen LogP contribution in [0.5, 0.6) is 0 Å². The molecular weight excluding hydrogens is 276 g/mol. The third-order valence-electron chi connectivity index (χ3n) is 3.86.